The second kappa shape index (κ2) is 6.18. The molecular weight excluding hydrogens is 212 g/mol. The minimum Gasteiger partial charge on any atom is -0.386 e. The van der Waals surface area contributed by atoms with Gasteiger partial charge in [0.1, 0.15) is 6.10 Å². The van der Waals surface area contributed by atoms with Crippen molar-refractivity contribution in [2.24, 2.45) is 5.92 Å². The van der Waals surface area contributed by atoms with E-state index in [2.05, 4.69) is 0 Å². The van der Waals surface area contributed by atoms with E-state index in [0.717, 1.165) is 24.5 Å². The highest BCUT2D eigenvalue weighted by Gasteiger charge is 2.17. The van der Waals surface area contributed by atoms with Crippen molar-refractivity contribution in [1.29, 1.82) is 0 Å². The van der Waals surface area contributed by atoms with Crippen LogP contribution in [0, 0.1) is 12.8 Å². The molecule has 0 spiro atoms. The second-order valence-corrected chi connectivity index (χ2v) is 5.09. The minimum absolute atomic E-state index is 0.413. The van der Waals surface area contributed by atoms with Gasteiger partial charge in [-0.25, -0.2) is 0 Å². The van der Waals surface area contributed by atoms with Crippen molar-refractivity contribution < 1.29 is 9.84 Å². The molecule has 1 unspecified atom stereocenters. The molecule has 1 saturated carbocycles. The summed E-state index contributed by atoms with van der Waals surface area (Å²) in [5.41, 5.74) is 2.13. The van der Waals surface area contributed by atoms with Crippen LogP contribution in [0.2, 0.25) is 0 Å². The number of ether oxygens (including phenoxy) is 1. The standard InChI is InChI=1S/C15H22O2/c1-12-4-2-7-14(10-12)15(16)11-17-9-8-13-5-3-6-13/h2,4,7,10,13,15-16H,3,5-6,8-9,11H2,1H3. The van der Waals surface area contributed by atoms with E-state index in [1.807, 2.05) is 31.2 Å². The average molecular weight is 234 g/mol. The van der Waals surface area contributed by atoms with Crippen molar-refractivity contribution in [1.82, 2.24) is 0 Å². The van der Waals surface area contributed by atoms with Crippen molar-refractivity contribution in [3.05, 3.63) is 35.4 Å². The van der Waals surface area contributed by atoms with Gasteiger partial charge in [-0.15, -0.1) is 0 Å². The molecule has 0 aromatic heterocycles. The molecule has 0 amide bonds. The lowest BCUT2D eigenvalue weighted by Gasteiger charge is -2.25. The highest BCUT2D eigenvalue weighted by molar-refractivity contribution is 5.23. The zero-order valence-corrected chi connectivity index (χ0v) is 10.6. The summed E-state index contributed by atoms with van der Waals surface area (Å²) in [6.45, 7) is 3.23. The van der Waals surface area contributed by atoms with Crippen LogP contribution in [-0.2, 0) is 4.74 Å². The smallest absolute Gasteiger partial charge is 0.102 e. The normalized spacial score (nSPS) is 17.8. The molecule has 2 heteroatoms. The highest BCUT2D eigenvalue weighted by atomic mass is 16.5. The number of rotatable bonds is 6. The molecular formula is C15H22O2. The van der Waals surface area contributed by atoms with E-state index < -0.39 is 6.10 Å². The van der Waals surface area contributed by atoms with Crippen LogP contribution in [0.4, 0.5) is 0 Å². The molecule has 1 aromatic rings. The molecule has 1 N–H and O–H groups in total. The number of aliphatic hydroxyl groups is 1. The Hall–Kier alpha value is -0.860. The number of aryl methyl sites for hydroxylation is 1. The van der Waals surface area contributed by atoms with E-state index in [0.29, 0.717) is 6.61 Å². The predicted octanol–water partition coefficient (Wildman–Crippen LogP) is 3.24. The van der Waals surface area contributed by atoms with E-state index in [1.54, 1.807) is 0 Å². The molecule has 2 nitrogen and oxygen atoms in total. The Bertz CT molecular complexity index is 345. The Morgan fingerprint density at radius 2 is 2.24 bits per heavy atom. The molecule has 0 aliphatic heterocycles. The van der Waals surface area contributed by atoms with Crippen LogP contribution in [0.1, 0.15) is 42.9 Å². The predicted molar refractivity (Wildman–Crippen MR) is 68.9 cm³/mol. The number of benzene rings is 1. The van der Waals surface area contributed by atoms with E-state index >= 15 is 0 Å². The molecule has 1 aliphatic rings. The number of aliphatic hydroxyl groups excluding tert-OH is 1. The van der Waals surface area contributed by atoms with Crippen LogP contribution in [0.5, 0.6) is 0 Å². The van der Waals surface area contributed by atoms with Gasteiger partial charge in [-0.2, -0.15) is 0 Å². The first kappa shape index (κ1) is 12.6. The van der Waals surface area contributed by atoms with Gasteiger partial charge in [0.25, 0.3) is 0 Å². The van der Waals surface area contributed by atoms with Gasteiger partial charge in [-0.1, -0.05) is 49.1 Å². The number of hydrogen-bond acceptors (Lipinski definition) is 2. The summed E-state index contributed by atoms with van der Waals surface area (Å²) in [5, 5.41) is 9.96. The summed E-state index contributed by atoms with van der Waals surface area (Å²) < 4.78 is 5.55. The molecule has 1 aromatic carbocycles. The van der Waals surface area contributed by atoms with Gasteiger partial charge in [0, 0.05) is 6.61 Å². The van der Waals surface area contributed by atoms with E-state index in [4.69, 9.17) is 4.74 Å². The molecule has 1 fully saturated rings. The Morgan fingerprint density at radius 3 is 2.88 bits per heavy atom. The third-order valence-electron chi connectivity index (χ3n) is 3.60. The largest absolute Gasteiger partial charge is 0.386 e. The Morgan fingerprint density at radius 1 is 1.41 bits per heavy atom. The van der Waals surface area contributed by atoms with Crippen LogP contribution in [0.3, 0.4) is 0 Å². The second-order valence-electron chi connectivity index (χ2n) is 5.09. The highest BCUT2D eigenvalue weighted by Crippen LogP contribution is 2.29. The van der Waals surface area contributed by atoms with Crippen LogP contribution in [0.25, 0.3) is 0 Å². The fourth-order valence-corrected chi connectivity index (χ4v) is 2.20. The van der Waals surface area contributed by atoms with Crippen molar-refractivity contribution in [2.75, 3.05) is 13.2 Å². The SMILES string of the molecule is Cc1cccc(C(O)COCCC2CCC2)c1. The monoisotopic (exact) mass is 234 g/mol. The van der Waals surface area contributed by atoms with Gasteiger partial charge in [0.05, 0.1) is 6.61 Å². The quantitative estimate of drug-likeness (QED) is 0.766. The van der Waals surface area contributed by atoms with Crippen LogP contribution < -0.4 is 0 Å². The third-order valence-corrected chi connectivity index (χ3v) is 3.60. The maximum atomic E-state index is 9.96. The Balaban J connectivity index is 1.67. The molecule has 2 rings (SSSR count). The summed E-state index contributed by atoms with van der Waals surface area (Å²) in [7, 11) is 0. The van der Waals surface area contributed by atoms with Crippen LogP contribution >= 0.6 is 0 Å². The zero-order chi connectivity index (χ0) is 12.1. The Labute approximate surface area is 104 Å². The van der Waals surface area contributed by atoms with Crippen molar-refractivity contribution in [3.8, 4) is 0 Å². The molecule has 17 heavy (non-hydrogen) atoms. The summed E-state index contributed by atoms with van der Waals surface area (Å²) >= 11 is 0. The van der Waals surface area contributed by atoms with Gasteiger partial charge in [-0.05, 0) is 24.8 Å². The van der Waals surface area contributed by atoms with Gasteiger partial charge in [0.15, 0.2) is 0 Å². The first-order valence-corrected chi connectivity index (χ1v) is 6.58. The lowest BCUT2D eigenvalue weighted by molar-refractivity contribution is 0.0266. The summed E-state index contributed by atoms with van der Waals surface area (Å²) in [5.74, 6) is 0.881. The molecule has 0 saturated heterocycles. The topological polar surface area (TPSA) is 29.5 Å². The molecule has 1 atom stereocenters. The lowest BCUT2D eigenvalue weighted by atomic mass is 9.83. The van der Waals surface area contributed by atoms with Gasteiger partial charge < -0.3 is 9.84 Å². The first-order valence-electron chi connectivity index (χ1n) is 6.58. The zero-order valence-electron chi connectivity index (χ0n) is 10.6. The van der Waals surface area contributed by atoms with Crippen molar-refractivity contribution in [2.45, 2.75) is 38.7 Å². The maximum Gasteiger partial charge on any atom is 0.102 e. The Kier molecular flexibility index (Phi) is 4.57. The van der Waals surface area contributed by atoms with Gasteiger partial charge in [0.2, 0.25) is 0 Å². The van der Waals surface area contributed by atoms with E-state index in [9.17, 15) is 5.11 Å². The molecule has 1 aliphatic carbocycles. The maximum absolute atomic E-state index is 9.96. The fraction of sp³-hybridized carbons (Fsp3) is 0.600. The van der Waals surface area contributed by atoms with Crippen molar-refractivity contribution >= 4 is 0 Å². The van der Waals surface area contributed by atoms with Crippen molar-refractivity contribution in [3.63, 3.8) is 0 Å². The van der Waals surface area contributed by atoms with E-state index in [-0.39, 0.29) is 0 Å². The molecule has 0 radical (unpaired) electrons. The lowest BCUT2D eigenvalue weighted by Crippen LogP contribution is -2.15. The molecule has 0 bridgehead atoms. The summed E-state index contributed by atoms with van der Waals surface area (Å²) in [6, 6.07) is 7.98. The first-order chi connectivity index (χ1) is 8.25. The molecule has 94 valence electrons. The minimum atomic E-state index is -0.490. The molecule has 0 heterocycles. The fourth-order valence-electron chi connectivity index (χ4n) is 2.20. The average Bonchev–Trinajstić information content (AvgIpc) is 2.26. The van der Waals surface area contributed by atoms with Crippen LogP contribution in [-0.4, -0.2) is 18.3 Å². The van der Waals surface area contributed by atoms with Gasteiger partial charge >= 0.3 is 0 Å². The van der Waals surface area contributed by atoms with Gasteiger partial charge in [-0.3, -0.25) is 0 Å². The number of hydrogen-bond donors (Lipinski definition) is 1. The van der Waals surface area contributed by atoms with E-state index in [1.165, 1.54) is 24.8 Å². The summed E-state index contributed by atoms with van der Waals surface area (Å²) in [4.78, 5) is 0. The summed E-state index contributed by atoms with van der Waals surface area (Å²) in [6.07, 6.45) is 4.78. The third kappa shape index (κ3) is 3.83. The van der Waals surface area contributed by atoms with Crippen LogP contribution in [0.15, 0.2) is 24.3 Å².